The second-order valence-electron chi connectivity index (χ2n) is 8.90. The molecule has 3 aliphatic heterocycles. The number of morpholine rings is 1. The van der Waals surface area contributed by atoms with Gasteiger partial charge < -0.3 is 24.2 Å². The lowest BCUT2D eigenvalue weighted by Crippen LogP contribution is -2.42. The highest BCUT2D eigenvalue weighted by atomic mass is 16.6. The third kappa shape index (κ3) is 4.63. The van der Waals surface area contributed by atoms with E-state index in [2.05, 4.69) is 11.8 Å². The van der Waals surface area contributed by atoms with Crippen molar-refractivity contribution in [2.24, 2.45) is 0 Å². The summed E-state index contributed by atoms with van der Waals surface area (Å²) in [5, 5.41) is 11.3. The molecule has 0 bridgehead atoms. The van der Waals surface area contributed by atoms with Crippen molar-refractivity contribution < 1.29 is 28.9 Å². The van der Waals surface area contributed by atoms with Gasteiger partial charge >= 0.3 is 0 Å². The number of ketones is 1. The summed E-state index contributed by atoms with van der Waals surface area (Å²) in [7, 11) is 0. The topological polar surface area (TPSA) is 88.5 Å². The summed E-state index contributed by atoms with van der Waals surface area (Å²) in [6, 6.07) is 12.3. The lowest BCUT2D eigenvalue weighted by atomic mass is 9.94. The maximum atomic E-state index is 13.3. The number of nitrogens with zero attached hydrogens (tertiary/aromatic N) is 2. The zero-order chi connectivity index (χ0) is 24.4. The molecule has 2 saturated heterocycles. The van der Waals surface area contributed by atoms with E-state index < -0.39 is 17.7 Å². The summed E-state index contributed by atoms with van der Waals surface area (Å²) in [5.74, 6) is -0.388. The smallest absolute Gasteiger partial charge is 0.295 e. The average Bonchev–Trinajstić information content (AvgIpc) is 3.16. The van der Waals surface area contributed by atoms with E-state index in [1.165, 1.54) is 0 Å². The van der Waals surface area contributed by atoms with E-state index in [9.17, 15) is 14.7 Å². The Kier molecular flexibility index (Phi) is 6.74. The number of carbonyl (C=O) groups is 2. The highest BCUT2D eigenvalue weighted by Crippen LogP contribution is 2.41. The van der Waals surface area contributed by atoms with Crippen molar-refractivity contribution in [1.82, 2.24) is 9.80 Å². The molecule has 0 unspecified atom stereocenters. The van der Waals surface area contributed by atoms with E-state index in [1.54, 1.807) is 23.1 Å². The lowest BCUT2D eigenvalue weighted by molar-refractivity contribution is -0.140. The fraction of sp³-hybridized carbons (Fsp3) is 0.407. The highest BCUT2D eigenvalue weighted by molar-refractivity contribution is 6.46. The number of Topliss-reactive ketones (excluding diaryl/α,β-unsaturated/α-hetero) is 1. The average molecular weight is 479 g/mol. The number of ether oxygens (including phenoxy) is 3. The normalized spacial score (nSPS) is 22.0. The highest BCUT2D eigenvalue weighted by Gasteiger charge is 2.46. The van der Waals surface area contributed by atoms with Gasteiger partial charge in [-0.3, -0.25) is 14.5 Å². The van der Waals surface area contributed by atoms with Gasteiger partial charge in [0.1, 0.15) is 19.0 Å². The lowest BCUT2D eigenvalue weighted by Gasteiger charge is -2.31. The molecule has 2 aromatic rings. The largest absolute Gasteiger partial charge is 0.507 e. The van der Waals surface area contributed by atoms with Gasteiger partial charge in [0, 0.05) is 31.7 Å². The third-order valence-corrected chi connectivity index (χ3v) is 6.82. The van der Waals surface area contributed by atoms with Gasteiger partial charge in [-0.05, 0) is 35.7 Å². The first-order valence-corrected chi connectivity index (χ1v) is 12.1. The quantitative estimate of drug-likeness (QED) is 0.388. The van der Waals surface area contributed by atoms with Crippen molar-refractivity contribution in [1.29, 1.82) is 0 Å². The molecule has 0 spiro atoms. The molecule has 3 heterocycles. The Morgan fingerprint density at radius 3 is 2.37 bits per heavy atom. The van der Waals surface area contributed by atoms with Crippen molar-refractivity contribution in [3.8, 4) is 11.5 Å². The molecule has 0 radical (unpaired) electrons. The fourth-order valence-electron chi connectivity index (χ4n) is 4.81. The molecule has 2 fully saturated rings. The first-order valence-electron chi connectivity index (χ1n) is 12.1. The molecule has 0 aromatic heterocycles. The van der Waals surface area contributed by atoms with Crippen molar-refractivity contribution in [2.75, 3.05) is 52.6 Å². The molecule has 184 valence electrons. The van der Waals surface area contributed by atoms with Crippen LogP contribution in [-0.4, -0.2) is 79.2 Å². The number of rotatable bonds is 6. The Balaban J connectivity index is 1.53. The molecule has 5 rings (SSSR count). The molecule has 1 N–H and O–H groups in total. The van der Waals surface area contributed by atoms with Crippen molar-refractivity contribution in [3.05, 3.63) is 64.7 Å². The zero-order valence-corrected chi connectivity index (χ0v) is 19.9. The van der Waals surface area contributed by atoms with Gasteiger partial charge in [0.2, 0.25) is 0 Å². The molecule has 0 aliphatic carbocycles. The van der Waals surface area contributed by atoms with Crippen molar-refractivity contribution >= 4 is 17.4 Å². The maximum Gasteiger partial charge on any atom is 0.295 e. The monoisotopic (exact) mass is 478 g/mol. The number of hydrogen-bond acceptors (Lipinski definition) is 7. The summed E-state index contributed by atoms with van der Waals surface area (Å²) in [6.07, 6.45) is 0.884. The molecule has 1 amide bonds. The Morgan fingerprint density at radius 1 is 0.943 bits per heavy atom. The summed E-state index contributed by atoms with van der Waals surface area (Å²) in [4.78, 5) is 30.3. The van der Waals surface area contributed by atoms with Crippen LogP contribution in [0.3, 0.4) is 0 Å². The van der Waals surface area contributed by atoms with Crippen LogP contribution in [0, 0.1) is 0 Å². The fourth-order valence-corrected chi connectivity index (χ4v) is 4.81. The first kappa shape index (κ1) is 23.4. The SMILES string of the molecule is CCc1ccc([C@H]2C(=C(O)c3ccc4c(c3)OCCO4)C(=O)C(=O)N2CCN2CCOCC2)cc1. The Bertz CT molecular complexity index is 1140. The predicted octanol–water partition coefficient (Wildman–Crippen LogP) is 2.77. The minimum atomic E-state index is -0.677. The van der Waals surface area contributed by atoms with E-state index in [0.717, 1.165) is 30.6 Å². The van der Waals surface area contributed by atoms with Gasteiger partial charge in [0.15, 0.2) is 11.5 Å². The summed E-state index contributed by atoms with van der Waals surface area (Å²) in [6.45, 7) is 6.84. The second-order valence-corrected chi connectivity index (χ2v) is 8.90. The van der Waals surface area contributed by atoms with E-state index in [-0.39, 0.29) is 11.3 Å². The first-order chi connectivity index (χ1) is 17.1. The number of hydrogen-bond donors (Lipinski definition) is 1. The standard InChI is InChI=1S/C27H30N2O6/c1-2-18-3-5-19(6-4-18)24-23(25(30)20-7-8-21-22(17-20)35-16-15-34-21)26(31)27(32)29(24)10-9-28-11-13-33-14-12-28/h3-8,17,24,30H,2,9-16H2,1H3/t24-/m0/s1. The third-order valence-electron chi connectivity index (χ3n) is 6.82. The summed E-state index contributed by atoms with van der Waals surface area (Å²) >= 11 is 0. The van der Waals surface area contributed by atoms with E-state index in [0.29, 0.717) is 56.6 Å². The number of aliphatic hydroxyl groups excluding tert-OH is 1. The van der Waals surface area contributed by atoms with Gasteiger partial charge in [-0.25, -0.2) is 0 Å². The van der Waals surface area contributed by atoms with Crippen LogP contribution in [0.5, 0.6) is 11.5 Å². The predicted molar refractivity (Wildman–Crippen MR) is 130 cm³/mol. The summed E-state index contributed by atoms with van der Waals surface area (Å²) in [5.41, 5.74) is 2.46. The van der Waals surface area contributed by atoms with Crippen LogP contribution in [-0.2, 0) is 20.7 Å². The maximum absolute atomic E-state index is 13.3. The Hall–Kier alpha value is -3.36. The van der Waals surface area contributed by atoms with Crippen LogP contribution < -0.4 is 9.47 Å². The molecule has 8 heteroatoms. The number of aliphatic hydroxyl groups is 1. The molecule has 35 heavy (non-hydrogen) atoms. The minimum Gasteiger partial charge on any atom is -0.507 e. The van der Waals surface area contributed by atoms with Gasteiger partial charge in [-0.15, -0.1) is 0 Å². The van der Waals surface area contributed by atoms with E-state index >= 15 is 0 Å². The van der Waals surface area contributed by atoms with Crippen molar-refractivity contribution in [3.63, 3.8) is 0 Å². The van der Waals surface area contributed by atoms with Gasteiger partial charge in [0.25, 0.3) is 11.7 Å². The number of fused-ring (bicyclic) bond motifs is 1. The second kappa shape index (κ2) is 10.1. The molecular weight excluding hydrogens is 448 g/mol. The van der Waals surface area contributed by atoms with E-state index in [4.69, 9.17) is 14.2 Å². The number of benzene rings is 2. The number of amides is 1. The molecule has 8 nitrogen and oxygen atoms in total. The summed E-state index contributed by atoms with van der Waals surface area (Å²) < 4.78 is 16.7. The molecule has 0 saturated carbocycles. The zero-order valence-electron chi connectivity index (χ0n) is 19.9. The number of likely N-dealkylation sites (tertiary alicyclic amines) is 1. The Morgan fingerprint density at radius 2 is 1.66 bits per heavy atom. The van der Waals surface area contributed by atoms with Crippen LogP contribution >= 0.6 is 0 Å². The molecule has 2 aromatic carbocycles. The van der Waals surface area contributed by atoms with Crippen LogP contribution in [0.1, 0.15) is 29.7 Å². The van der Waals surface area contributed by atoms with Gasteiger partial charge in [-0.2, -0.15) is 0 Å². The molecular formula is C27H30N2O6. The van der Waals surface area contributed by atoms with Crippen LogP contribution in [0.25, 0.3) is 5.76 Å². The number of carbonyl (C=O) groups excluding carboxylic acids is 2. The van der Waals surface area contributed by atoms with Crippen LogP contribution in [0.4, 0.5) is 0 Å². The van der Waals surface area contributed by atoms with Crippen LogP contribution in [0.15, 0.2) is 48.0 Å². The van der Waals surface area contributed by atoms with Crippen molar-refractivity contribution in [2.45, 2.75) is 19.4 Å². The molecule has 3 aliphatic rings. The molecule has 1 atom stereocenters. The van der Waals surface area contributed by atoms with Crippen LogP contribution in [0.2, 0.25) is 0 Å². The number of aryl methyl sites for hydroxylation is 1. The van der Waals surface area contributed by atoms with E-state index in [1.807, 2.05) is 24.3 Å². The van der Waals surface area contributed by atoms with Gasteiger partial charge in [-0.1, -0.05) is 31.2 Å². The Labute approximate surface area is 204 Å². The van der Waals surface area contributed by atoms with Gasteiger partial charge in [0.05, 0.1) is 24.8 Å². The minimum absolute atomic E-state index is 0.0953.